The fourth-order valence-electron chi connectivity index (χ4n) is 3.37. The lowest BCUT2D eigenvalue weighted by Crippen LogP contribution is -2.47. The summed E-state index contributed by atoms with van der Waals surface area (Å²) < 4.78 is 0. The number of amides is 2. The minimum absolute atomic E-state index is 0.0484. The van der Waals surface area contributed by atoms with Crippen molar-refractivity contribution in [1.82, 2.24) is 15.1 Å². The van der Waals surface area contributed by atoms with Gasteiger partial charge in [-0.05, 0) is 44.1 Å². The molecule has 2 fully saturated rings. The first-order chi connectivity index (χ1) is 12.1. The van der Waals surface area contributed by atoms with E-state index in [1.807, 2.05) is 29.2 Å². The Balaban J connectivity index is 1.49. The molecule has 2 N–H and O–H groups in total. The van der Waals surface area contributed by atoms with E-state index in [-0.39, 0.29) is 17.7 Å². The highest BCUT2D eigenvalue weighted by Crippen LogP contribution is 2.16. The monoisotopic (exact) mass is 344 g/mol. The Labute approximate surface area is 149 Å². The third kappa shape index (κ3) is 5.03. The number of anilines is 1. The summed E-state index contributed by atoms with van der Waals surface area (Å²) in [5, 5.41) is 6.24. The summed E-state index contributed by atoms with van der Waals surface area (Å²) in [5.74, 6) is 0.305. The first-order valence-corrected chi connectivity index (χ1v) is 9.18. The summed E-state index contributed by atoms with van der Waals surface area (Å²) in [6, 6.07) is 7.65. The predicted octanol–water partition coefficient (Wildman–Crippen LogP) is 0.941. The van der Waals surface area contributed by atoms with E-state index in [1.54, 1.807) is 0 Å². The zero-order chi connectivity index (χ0) is 17.6. The molecule has 2 aliphatic rings. The van der Waals surface area contributed by atoms with Crippen molar-refractivity contribution in [3.05, 3.63) is 29.8 Å². The van der Waals surface area contributed by atoms with Crippen molar-refractivity contribution in [1.29, 1.82) is 0 Å². The lowest BCUT2D eigenvalue weighted by atomic mass is 9.99. The molecule has 6 heteroatoms. The fraction of sp³-hybridized carbons (Fsp3) is 0.579. The van der Waals surface area contributed by atoms with Crippen LogP contribution in [-0.4, -0.2) is 67.9 Å². The Hall–Kier alpha value is -1.92. The number of carbonyl (C=O) groups excluding carboxylic acids is 2. The van der Waals surface area contributed by atoms with Gasteiger partial charge in [0.15, 0.2) is 0 Å². The predicted molar refractivity (Wildman–Crippen MR) is 98.4 cm³/mol. The van der Waals surface area contributed by atoms with Crippen LogP contribution < -0.4 is 10.6 Å². The molecule has 3 rings (SSSR count). The van der Waals surface area contributed by atoms with E-state index >= 15 is 0 Å². The van der Waals surface area contributed by atoms with Crippen molar-refractivity contribution in [2.24, 2.45) is 5.92 Å². The molecule has 0 radical (unpaired) electrons. The van der Waals surface area contributed by atoms with Crippen LogP contribution in [0.5, 0.6) is 0 Å². The van der Waals surface area contributed by atoms with Crippen molar-refractivity contribution < 1.29 is 9.59 Å². The minimum Gasteiger partial charge on any atom is -0.340 e. The van der Waals surface area contributed by atoms with E-state index < -0.39 is 0 Å². The van der Waals surface area contributed by atoms with Gasteiger partial charge in [-0.15, -0.1) is 0 Å². The van der Waals surface area contributed by atoms with Gasteiger partial charge in [0.25, 0.3) is 0 Å². The summed E-state index contributed by atoms with van der Waals surface area (Å²) in [4.78, 5) is 28.8. The molecule has 1 aromatic rings. The number of hydrogen-bond donors (Lipinski definition) is 2. The molecule has 1 unspecified atom stereocenters. The molecule has 6 nitrogen and oxygen atoms in total. The highest BCUT2D eigenvalue weighted by molar-refractivity contribution is 5.92. The van der Waals surface area contributed by atoms with E-state index in [0.29, 0.717) is 6.42 Å². The van der Waals surface area contributed by atoms with Gasteiger partial charge in [0.2, 0.25) is 11.8 Å². The fourth-order valence-corrected chi connectivity index (χ4v) is 3.37. The van der Waals surface area contributed by atoms with Gasteiger partial charge in [-0.25, -0.2) is 0 Å². The van der Waals surface area contributed by atoms with Gasteiger partial charge in [-0.3, -0.25) is 9.59 Å². The van der Waals surface area contributed by atoms with E-state index in [4.69, 9.17) is 0 Å². The molecular weight excluding hydrogens is 316 g/mol. The second kappa shape index (κ2) is 8.45. The van der Waals surface area contributed by atoms with Crippen LogP contribution in [0.25, 0.3) is 0 Å². The summed E-state index contributed by atoms with van der Waals surface area (Å²) in [6.45, 7) is 5.24. The number of rotatable bonds is 4. The van der Waals surface area contributed by atoms with Crippen LogP contribution in [0, 0.1) is 5.92 Å². The maximum absolute atomic E-state index is 12.4. The first kappa shape index (κ1) is 17.9. The van der Waals surface area contributed by atoms with Gasteiger partial charge in [-0.2, -0.15) is 0 Å². The molecule has 0 aliphatic carbocycles. The van der Waals surface area contributed by atoms with Crippen LogP contribution in [0.15, 0.2) is 24.3 Å². The number of piperidine rings is 1. The van der Waals surface area contributed by atoms with Gasteiger partial charge < -0.3 is 20.4 Å². The van der Waals surface area contributed by atoms with Crippen LogP contribution in [0.3, 0.4) is 0 Å². The lowest BCUT2D eigenvalue weighted by Gasteiger charge is -2.32. The van der Waals surface area contributed by atoms with E-state index in [1.165, 1.54) is 0 Å². The van der Waals surface area contributed by atoms with Crippen LogP contribution in [0.1, 0.15) is 18.4 Å². The quantitative estimate of drug-likeness (QED) is 0.853. The van der Waals surface area contributed by atoms with Crippen LogP contribution in [0.4, 0.5) is 5.69 Å². The van der Waals surface area contributed by atoms with Crippen LogP contribution >= 0.6 is 0 Å². The van der Waals surface area contributed by atoms with Gasteiger partial charge in [-0.1, -0.05) is 12.1 Å². The number of carbonyl (C=O) groups is 2. The molecule has 2 amide bonds. The Morgan fingerprint density at radius 2 is 1.88 bits per heavy atom. The van der Waals surface area contributed by atoms with Gasteiger partial charge in [0.1, 0.15) is 0 Å². The van der Waals surface area contributed by atoms with Crippen molar-refractivity contribution >= 4 is 17.5 Å². The standard InChI is InChI=1S/C19H28N4O2/c1-22-9-11-23(12-10-22)18(24)13-15-4-6-17(7-5-15)21-19(25)16-3-2-8-20-14-16/h4-7,16,20H,2-3,8-14H2,1H3,(H,21,25). The Morgan fingerprint density at radius 1 is 1.16 bits per heavy atom. The molecule has 0 bridgehead atoms. The smallest absolute Gasteiger partial charge is 0.228 e. The second-order valence-corrected chi connectivity index (χ2v) is 7.09. The molecule has 2 saturated heterocycles. The van der Waals surface area contributed by atoms with E-state index in [0.717, 1.165) is 63.4 Å². The maximum atomic E-state index is 12.4. The number of piperazine rings is 1. The zero-order valence-corrected chi connectivity index (χ0v) is 15.0. The summed E-state index contributed by atoms with van der Waals surface area (Å²) in [7, 11) is 2.08. The highest BCUT2D eigenvalue weighted by Gasteiger charge is 2.21. The van der Waals surface area contributed by atoms with E-state index in [2.05, 4.69) is 22.6 Å². The molecule has 2 heterocycles. The summed E-state index contributed by atoms with van der Waals surface area (Å²) in [6.07, 6.45) is 2.41. The number of hydrogen-bond acceptors (Lipinski definition) is 4. The number of benzene rings is 1. The topological polar surface area (TPSA) is 64.7 Å². The molecule has 1 aromatic carbocycles. The van der Waals surface area contributed by atoms with Crippen molar-refractivity contribution in [3.8, 4) is 0 Å². The Bertz CT molecular complexity index is 588. The zero-order valence-electron chi connectivity index (χ0n) is 15.0. The molecule has 0 aromatic heterocycles. The Kier molecular flexibility index (Phi) is 6.04. The average molecular weight is 344 g/mol. The summed E-state index contributed by atoms with van der Waals surface area (Å²) >= 11 is 0. The third-order valence-corrected chi connectivity index (χ3v) is 5.10. The Morgan fingerprint density at radius 3 is 2.52 bits per heavy atom. The molecule has 1 atom stereocenters. The number of likely N-dealkylation sites (N-methyl/N-ethyl adjacent to an activating group) is 1. The SMILES string of the molecule is CN1CCN(C(=O)Cc2ccc(NC(=O)C3CCCNC3)cc2)CC1. The summed E-state index contributed by atoms with van der Waals surface area (Å²) in [5.41, 5.74) is 1.78. The second-order valence-electron chi connectivity index (χ2n) is 7.09. The van der Waals surface area contributed by atoms with Crippen molar-refractivity contribution in [3.63, 3.8) is 0 Å². The number of nitrogens with one attached hydrogen (secondary N) is 2. The first-order valence-electron chi connectivity index (χ1n) is 9.18. The van der Waals surface area contributed by atoms with Gasteiger partial charge in [0, 0.05) is 38.4 Å². The lowest BCUT2D eigenvalue weighted by molar-refractivity contribution is -0.132. The molecule has 2 aliphatic heterocycles. The normalized spacial score (nSPS) is 21.8. The van der Waals surface area contributed by atoms with Crippen LogP contribution in [-0.2, 0) is 16.0 Å². The largest absolute Gasteiger partial charge is 0.340 e. The average Bonchev–Trinajstić information content (AvgIpc) is 2.64. The maximum Gasteiger partial charge on any atom is 0.228 e. The number of nitrogens with zero attached hydrogens (tertiary/aromatic N) is 2. The molecule has 25 heavy (non-hydrogen) atoms. The van der Waals surface area contributed by atoms with E-state index in [9.17, 15) is 9.59 Å². The van der Waals surface area contributed by atoms with Crippen molar-refractivity contribution in [2.75, 3.05) is 51.6 Å². The van der Waals surface area contributed by atoms with Gasteiger partial charge in [0.05, 0.1) is 12.3 Å². The molecule has 0 spiro atoms. The molecule has 136 valence electrons. The van der Waals surface area contributed by atoms with Crippen molar-refractivity contribution in [2.45, 2.75) is 19.3 Å². The molecular formula is C19H28N4O2. The minimum atomic E-state index is 0.0484. The third-order valence-electron chi connectivity index (χ3n) is 5.10. The van der Waals surface area contributed by atoms with Crippen LogP contribution in [0.2, 0.25) is 0 Å². The van der Waals surface area contributed by atoms with Gasteiger partial charge >= 0.3 is 0 Å². The molecule has 0 saturated carbocycles. The highest BCUT2D eigenvalue weighted by atomic mass is 16.2.